The second-order valence-electron chi connectivity index (χ2n) is 5.39. The largest absolute Gasteiger partial charge is 0.369 e. The molecule has 0 aromatic carbocycles. The van der Waals surface area contributed by atoms with E-state index in [1.165, 1.54) is 30.5 Å². The summed E-state index contributed by atoms with van der Waals surface area (Å²) in [5, 5.41) is 3.53. The summed E-state index contributed by atoms with van der Waals surface area (Å²) in [7, 11) is 0. The van der Waals surface area contributed by atoms with Crippen LogP contribution in [0.5, 0.6) is 0 Å². The lowest BCUT2D eigenvalue weighted by atomic mass is 10.0. The molecule has 92 valence electrons. The van der Waals surface area contributed by atoms with Gasteiger partial charge in [-0.2, -0.15) is 0 Å². The number of aromatic nitrogens is 2. The van der Waals surface area contributed by atoms with Gasteiger partial charge < -0.3 is 11.1 Å². The van der Waals surface area contributed by atoms with Crippen molar-refractivity contribution in [3.63, 3.8) is 0 Å². The normalized spacial score (nSPS) is 20.1. The molecule has 2 aliphatic rings. The van der Waals surface area contributed by atoms with E-state index < -0.39 is 0 Å². The van der Waals surface area contributed by atoms with Crippen molar-refractivity contribution in [1.29, 1.82) is 0 Å². The SMILES string of the molecule is NCCC1(CNc2ncnc3c2CCC3)CC1. The molecular weight excluding hydrogens is 212 g/mol. The van der Waals surface area contributed by atoms with Gasteiger partial charge in [-0.05, 0) is 50.5 Å². The molecule has 4 nitrogen and oxygen atoms in total. The zero-order valence-corrected chi connectivity index (χ0v) is 10.2. The Hall–Kier alpha value is -1.16. The quantitative estimate of drug-likeness (QED) is 0.807. The Morgan fingerprint density at radius 1 is 1.29 bits per heavy atom. The summed E-state index contributed by atoms with van der Waals surface area (Å²) in [5.74, 6) is 1.07. The van der Waals surface area contributed by atoms with E-state index in [0.717, 1.165) is 38.2 Å². The minimum absolute atomic E-state index is 0.463. The number of nitrogens with one attached hydrogen (secondary N) is 1. The summed E-state index contributed by atoms with van der Waals surface area (Å²) in [6.07, 6.45) is 8.90. The molecule has 2 aliphatic carbocycles. The Bertz CT molecular complexity index is 412. The molecule has 0 saturated heterocycles. The summed E-state index contributed by atoms with van der Waals surface area (Å²) in [6, 6.07) is 0. The molecule has 1 heterocycles. The van der Waals surface area contributed by atoms with Gasteiger partial charge in [-0.15, -0.1) is 0 Å². The van der Waals surface area contributed by atoms with Crippen molar-refractivity contribution in [3.05, 3.63) is 17.6 Å². The van der Waals surface area contributed by atoms with Crippen LogP contribution >= 0.6 is 0 Å². The predicted octanol–water partition coefficient (Wildman–Crippen LogP) is 1.51. The highest BCUT2D eigenvalue weighted by Gasteiger charge is 2.41. The number of nitrogens with two attached hydrogens (primary N) is 1. The summed E-state index contributed by atoms with van der Waals surface area (Å²) >= 11 is 0. The van der Waals surface area contributed by atoms with Gasteiger partial charge in [0.05, 0.1) is 0 Å². The maximum Gasteiger partial charge on any atom is 0.132 e. The summed E-state index contributed by atoms with van der Waals surface area (Å²) in [5.41, 5.74) is 8.71. The number of aryl methyl sites for hydroxylation is 1. The molecule has 4 heteroatoms. The highest BCUT2D eigenvalue weighted by molar-refractivity contribution is 5.48. The number of anilines is 1. The fourth-order valence-corrected chi connectivity index (χ4v) is 2.78. The third kappa shape index (κ3) is 2.14. The molecule has 1 fully saturated rings. The van der Waals surface area contributed by atoms with Crippen molar-refractivity contribution >= 4 is 5.82 Å². The first-order valence-electron chi connectivity index (χ1n) is 6.60. The Balaban J connectivity index is 1.68. The van der Waals surface area contributed by atoms with E-state index in [9.17, 15) is 0 Å². The van der Waals surface area contributed by atoms with Gasteiger partial charge in [-0.1, -0.05) is 0 Å². The molecule has 0 amide bonds. The molecular formula is C13H20N4. The number of hydrogen-bond acceptors (Lipinski definition) is 4. The fraction of sp³-hybridized carbons (Fsp3) is 0.692. The maximum absolute atomic E-state index is 5.66. The lowest BCUT2D eigenvalue weighted by Crippen LogP contribution is -2.20. The zero-order chi connectivity index (χ0) is 11.7. The first-order chi connectivity index (χ1) is 8.33. The molecule has 1 saturated carbocycles. The van der Waals surface area contributed by atoms with E-state index in [1.807, 2.05) is 0 Å². The highest BCUT2D eigenvalue weighted by atomic mass is 15.0. The van der Waals surface area contributed by atoms with E-state index in [0.29, 0.717) is 5.41 Å². The molecule has 3 rings (SSSR count). The van der Waals surface area contributed by atoms with E-state index >= 15 is 0 Å². The van der Waals surface area contributed by atoms with Gasteiger partial charge in [0.2, 0.25) is 0 Å². The van der Waals surface area contributed by atoms with Gasteiger partial charge in [0, 0.05) is 17.8 Å². The number of hydrogen-bond donors (Lipinski definition) is 2. The second kappa shape index (κ2) is 4.26. The van der Waals surface area contributed by atoms with Crippen molar-refractivity contribution in [2.24, 2.45) is 11.1 Å². The van der Waals surface area contributed by atoms with Crippen LogP contribution in [0.3, 0.4) is 0 Å². The molecule has 0 spiro atoms. The van der Waals surface area contributed by atoms with Crippen LogP contribution in [0, 0.1) is 5.41 Å². The van der Waals surface area contributed by atoms with Crippen molar-refractivity contribution < 1.29 is 0 Å². The third-order valence-electron chi connectivity index (χ3n) is 4.14. The summed E-state index contributed by atoms with van der Waals surface area (Å²) < 4.78 is 0. The van der Waals surface area contributed by atoms with Crippen LogP contribution in [0.1, 0.15) is 36.9 Å². The highest BCUT2D eigenvalue weighted by Crippen LogP contribution is 2.48. The Kier molecular flexibility index (Phi) is 2.74. The number of nitrogens with zero attached hydrogens (tertiary/aromatic N) is 2. The monoisotopic (exact) mass is 232 g/mol. The molecule has 0 unspecified atom stereocenters. The first-order valence-corrected chi connectivity index (χ1v) is 6.60. The lowest BCUT2D eigenvalue weighted by Gasteiger charge is -2.16. The number of rotatable bonds is 5. The van der Waals surface area contributed by atoms with Gasteiger partial charge in [-0.3, -0.25) is 0 Å². The Labute approximate surface area is 102 Å². The average Bonchev–Trinajstić information content (AvgIpc) is 2.92. The van der Waals surface area contributed by atoms with Crippen molar-refractivity contribution in [2.75, 3.05) is 18.4 Å². The van der Waals surface area contributed by atoms with Crippen LogP contribution in [-0.2, 0) is 12.8 Å². The summed E-state index contributed by atoms with van der Waals surface area (Å²) in [4.78, 5) is 8.73. The Morgan fingerprint density at radius 2 is 2.18 bits per heavy atom. The smallest absolute Gasteiger partial charge is 0.132 e. The molecule has 0 radical (unpaired) electrons. The molecule has 0 bridgehead atoms. The number of fused-ring (bicyclic) bond motifs is 1. The van der Waals surface area contributed by atoms with Crippen molar-refractivity contribution in [1.82, 2.24) is 9.97 Å². The summed E-state index contributed by atoms with van der Waals surface area (Å²) in [6.45, 7) is 1.82. The van der Waals surface area contributed by atoms with Crippen molar-refractivity contribution in [3.8, 4) is 0 Å². The van der Waals surface area contributed by atoms with E-state index in [1.54, 1.807) is 6.33 Å². The molecule has 3 N–H and O–H groups in total. The van der Waals surface area contributed by atoms with E-state index in [-0.39, 0.29) is 0 Å². The van der Waals surface area contributed by atoms with Crippen LogP contribution < -0.4 is 11.1 Å². The van der Waals surface area contributed by atoms with Crippen LogP contribution in [0.2, 0.25) is 0 Å². The topological polar surface area (TPSA) is 63.8 Å². The van der Waals surface area contributed by atoms with Crippen LogP contribution in [0.25, 0.3) is 0 Å². The maximum atomic E-state index is 5.66. The molecule has 0 atom stereocenters. The van der Waals surface area contributed by atoms with Crippen LogP contribution in [-0.4, -0.2) is 23.1 Å². The first kappa shape index (κ1) is 11.0. The molecule has 1 aromatic rings. The third-order valence-corrected chi connectivity index (χ3v) is 4.14. The van der Waals surface area contributed by atoms with Crippen LogP contribution in [0.15, 0.2) is 6.33 Å². The zero-order valence-electron chi connectivity index (χ0n) is 10.2. The lowest BCUT2D eigenvalue weighted by molar-refractivity contribution is 0.500. The fourth-order valence-electron chi connectivity index (χ4n) is 2.78. The average molecular weight is 232 g/mol. The minimum Gasteiger partial charge on any atom is -0.369 e. The van der Waals surface area contributed by atoms with Gasteiger partial charge >= 0.3 is 0 Å². The molecule has 0 aliphatic heterocycles. The van der Waals surface area contributed by atoms with E-state index in [4.69, 9.17) is 5.73 Å². The Morgan fingerprint density at radius 3 is 2.94 bits per heavy atom. The van der Waals surface area contributed by atoms with E-state index in [2.05, 4.69) is 15.3 Å². The standard InChI is InChI=1S/C13H20N4/c14-7-6-13(4-5-13)8-15-12-10-2-1-3-11(10)16-9-17-12/h9H,1-8,14H2,(H,15,16,17). The van der Waals surface area contributed by atoms with Gasteiger partial charge in [0.25, 0.3) is 0 Å². The molecule has 17 heavy (non-hydrogen) atoms. The second-order valence-corrected chi connectivity index (χ2v) is 5.39. The van der Waals surface area contributed by atoms with Crippen LogP contribution in [0.4, 0.5) is 5.82 Å². The molecule has 1 aromatic heterocycles. The van der Waals surface area contributed by atoms with Gasteiger partial charge in [-0.25, -0.2) is 9.97 Å². The van der Waals surface area contributed by atoms with Gasteiger partial charge in [0.1, 0.15) is 12.1 Å². The minimum atomic E-state index is 0.463. The predicted molar refractivity (Wildman–Crippen MR) is 67.9 cm³/mol. The van der Waals surface area contributed by atoms with Gasteiger partial charge in [0.15, 0.2) is 0 Å². The van der Waals surface area contributed by atoms with Crippen molar-refractivity contribution in [2.45, 2.75) is 38.5 Å².